The minimum atomic E-state index is 0.0205. The first-order valence-electron chi connectivity index (χ1n) is 10.7. The van der Waals surface area contributed by atoms with Crippen LogP contribution < -0.4 is 15.0 Å². The Bertz CT molecular complexity index is 1140. The van der Waals surface area contributed by atoms with Crippen LogP contribution in [0.15, 0.2) is 23.0 Å². The molecule has 1 atom stereocenters. The van der Waals surface area contributed by atoms with Gasteiger partial charge in [-0.15, -0.1) is 11.3 Å². The van der Waals surface area contributed by atoms with Crippen LogP contribution in [0.25, 0.3) is 10.2 Å². The maximum Gasteiger partial charge on any atom is 0.259 e. The minimum Gasteiger partial charge on any atom is -0.497 e. The fourth-order valence-corrected chi connectivity index (χ4v) is 6.22. The summed E-state index contributed by atoms with van der Waals surface area (Å²) < 4.78 is 11.0. The van der Waals surface area contributed by atoms with Gasteiger partial charge in [-0.2, -0.15) is 0 Å². The van der Waals surface area contributed by atoms with Gasteiger partial charge < -0.3 is 14.5 Å². The highest BCUT2D eigenvalue weighted by molar-refractivity contribution is 7.18. The van der Waals surface area contributed by atoms with Gasteiger partial charge in [-0.25, -0.2) is 4.98 Å². The molecule has 3 aromatic rings. The molecule has 3 heterocycles. The number of likely N-dealkylation sites (tertiary alicyclic amines) is 1. The summed E-state index contributed by atoms with van der Waals surface area (Å²) in [7, 11) is 3.36. The van der Waals surface area contributed by atoms with Crippen molar-refractivity contribution in [1.29, 1.82) is 0 Å². The van der Waals surface area contributed by atoms with Gasteiger partial charge in [-0.3, -0.25) is 9.69 Å². The predicted octanol–water partition coefficient (Wildman–Crippen LogP) is 4.22. The fourth-order valence-electron chi connectivity index (χ4n) is 4.94. The topological polar surface area (TPSA) is 67.5 Å². The Kier molecular flexibility index (Phi) is 5.25. The van der Waals surface area contributed by atoms with Gasteiger partial charge in [0.1, 0.15) is 22.2 Å². The zero-order chi connectivity index (χ0) is 20.7. The molecule has 0 bridgehead atoms. The molecule has 2 aliphatic rings. The second-order valence-corrected chi connectivity index (χ2v) is 9.22. The van der Waals surface area contributed by atoms with Crippen LogP contribution in [0, 0.1) is 0 Å². The van der Waals surface area contributed by atoms with Gasteiger partial charge in [0.15, 0.2) is 0 Å². The molecule has 1 aromatic carbocycles. The molecule has 0 radical (unpaired) electrons. The molecule has 1 aliphatic heterocycles. The standard InChI is InChI=1S/C23H27N3O3S/c1-28-14-9-10-15(18(12-14)29-2)17-7-5-11-26(17)13-20-24-22(27)21-16-6-3-4-8-19(16)30-23(21)25-20/h9-10,12,17H,3-8,11,13H2,1-2H3,(H,24,25,27)/t17-/m1/s1. The maximum atomic E-state index is 12.9. The number of methoxy groups -OCH3 is 2. The number of hydrogen-bond acceptors (Lipinski definition) is 6. The van der Waals surface area contributed by atoms with Crippen molar-refractivity contribution >= 4 is 21.6 Å². The van der Waals surface area contributed by atoms with Crippen LogP contribution in [0.2, 0.25) is 0 Å². The number of nitrogens with zero attached hydrogens (tertiary/aromatic N) is 2. The molecule has 0 unspecified atom stereocenters. The number of nitrogens with one attached hydrogen (secondary N) is 1. The number of aryl methyl sites for hydroxylation is 2. The molecule has 2 aromatic heterocycles. The lowest BCUT2D eigenvalue weighted by Gasteiger charge is -2.26. The first-order chi connectivity index (χ1) is 14.7. The molecular weight excluding hydrogens is 398 g/mol. The number of rotatable bonds is 5. The Morgan fingerprint density at radius 3 is 2.90 bits per heavy atom. The Hall–Kier alpha value is -2.38. The molecule has 5 rings (SSSR count). The van der Waals surface area contributed by atoms with E-state index in [2.05, 4.69) is 16.0 Å². The van der Waals surface area contributed by atoms with E-state index in [0.29, 0.717) is 6.54 Å². The van der Waals surface area contributed by atoms with Crippen molar-refractivity contribution < 1.29 is 9.47 Å². The van der Waals surface area contributed by atoms with Crippen LogP contribution >= 0.6 is 11.3 Å². The van der Waals surface area contributed by atoms with Crippen LogP contribution in [-0.4, -0.2) is 35.6 Å². The summed E-state index contributed by atoms with van der Waals surface area (Å²) in [6, 6.07) is 6.25. The number of thiophene rings is 1. The average Bonchev–Trinajstić information content (AvgIpc) is 3.37. The third kappa shape index (κ3) is 3.40. The van der Waals surface area contributed by atoms with Crippen LogP contribution in [0.5, 0.6) is 11.5 Å². The summed E-state index contributed by atoms with van der Waals surface area (Å²) >= 11 is 1.71. The lowest BCUT2D eigenvalue weighted by molar-refractivity contribution is 0.237. The number of H-pyrrole nitrogens is 1. The normalized spacial score (nSPS) is 19.2. The van der Waals surface area contributed by atoms with E-state index in [-0.39, 0.29) is 11.6 Å². The second kappa shape index (κ2) is 8.04. The van der Waals surface area contributed by atoms with Crippen LogP contribution in [-0.2, 0) is 19.4 Å². The monoisotopic (exact) mass is 425 g/mol. The Balaban J connectivity index is 1.45. The predicted molar refractivity (Wildman–Crippen MR) is 119 cm³/mol. The largest absolute Gasteiger partial charge is 0.497 e. The van der Waals surface area contributed by atoms with Crippen LogP contribution in [0.4, 0.5) is 0 Å². The smallest absolute Gasteiger partial charge is 0.259 e. The van der Waals surface area contributed by atoms with E-state index >= 15 is 0 Å². The van der Waals surface area contributed by atoms with Crippen molar-refractivity contribution in [1.82, 2.24) is 14.9 Å². The molecule has 1 saturated heterocycles. The summed E-state index contributed by atoms with van der Waals surface area (Å²) in [5.74, 6) is 2.39. The first kappa shape index (κ1) is 19.6. The van der Waals surface area contributed by atoms with Gasteiger partial charge in [-0.1, -0.05) is 6.07 Å². The Morgan fingerprint density at radius 1 is 1.20 bits per heavy atom. The molecule has 30 heavy (non-hydrogen) atoms. The average molecular weight is 426 g/mol. The van der Waals surface area contributed by atoms with Crippen LogP contribution in [0.1, 0.15) is 53.6 Å². The van der Waals surface area contributed by atoms with Crippen LogP contribution in [0.3, 0.4) is 0 Å². The Morgan fingerprint density at radius 2 is 2.07 bits per heavy atom. The summed E-state index contributed by atoms with van der Waals surface area (Å²) in [4.78, 5) is 25.5. The quantitative estimate of drug-likeness (QED) is 0.663. The van der Waals surface area contributed by atoms with Crippen molar-refractivity contribution in [3.63, 3.8) is 0 Å². The van der Waals surface area contributed by atoms with Gasteiger partial charge in [0.25, 0.3) is 5.56 Å². The highest BCUT2D eigenvalue weighted by Gasteiger charge is 2.29. The van der Waals surface area contributed by atoms with Gasteiger partial charge in [0, 0.05) is 22.5 Å². The fraction of sp³-hybridized carbons (Fsp3) is 0.478. The van der Waals surface area contributed by atoms with Gasteiger partial charge in [-0.05, 0) is 56.7 Å². The number of aromatic nitrogens is 2. The van der Waals surface area contributed by atoms with E-state index in [4.69, 9.17) is 14.5 Å². The van der Waals surface area contributed by atoms with Crippen molar-refractivity contribution in [2.75, 3.05) is 20.8 Å². The molecule has 0 saturated carbocycles. The SMILES string of the molecule is COc1ccc([C@H]2CCCN2Cc2nc3sc4c(c3c(=O)[nH]2)CCCC4)c(OC)c1. The van der Waals surface area contributed by atoms with E-state index in [0.717, 1.165) is 65.3 Å². The molecule has 1 N–H and O–H groups in total. The second-order valence-electron chi connectivity index (χ2n) is 8.14. The van der Waals surface area contributed by atoms with Crippen molar-refractivity contribution in [2.45, 2.75) is 51.1 Å². The Labute approximate surface area is 179 Å². The van der Waals surface area contributed by atoms with E-state index in [1.165, 1.54) is 23.3 Å². The maximum absolute atomic E-state index is 12.9. The lowest BCUT2D eigenvalue weighted by atomic mass is 9.97. The highest BCUT2D eigenvalue weighted by Crippen LogP contribution is 2.39. The van der Waals surface area contributed by atoms with Gasteiger partial charge >= 0.3 is 0 Å². The summed E-state index contributed by atoms with van der Waals surface area (Å²) in [5.41, 5.74) is 2.42. The zero-order valence-electron chi connectivity index (χ0n) is 17.5. The summed E-state index contributed by atoms with van der Waals surface area (Å²) in [6.07, 6.45) is 6.63. The van der Waals surface area contributed by atoms with E-state index in [1.54, 1.807) is 25.6 Å². The van der Waals surface area contributed by atoms with Gasteiger partial charge in [0.2, 0.25) is 0 Å². The first-order valence-corrected chi connectivity index (χ1v) is 11.5. The van der Waals surface area contributed by atoms with Crippen molar-refractivity contribution in [3.05, 3.63) is 50.4 Å². The van der Waals surface area contributed by atoms with E-state index in [1.807, 2.05) is 12.1 Å². The molecule has 7 heteroatoms. The van der Waals surface area contributed by atoms with Crippen molar-refractivity contribution in [3.8, 4) is 11.5 Å². The number of hydrogen-bond donors (Lipinski definition) is 1. The van der Waals surface area contributed by atoms with E-state index < -0.39 is 0 Å². The third-order valence-corrected chi connectivity index (χ3v) is 7.58. The lowest BCUT2D eigenvalue weighted by Crippen LogP contribution is -2.26. The molecule has 0 spiro atoms. The zero-order valence-corrected chi connectivity index (χ0v) is 18.3. The number of ether oxygens (including phenoxy) is 2. The molecule has 158 valence electrons. The van der Waals surface area contributed by atoms with Crippen molar-refractivity contribution in [2.24, 2.45) is 0 Å². The van der Waals surface area contributed by atoms with Gasteiger partial charge in [0.05, 0.1) is 26.2 Å². The summed E-state index contributed by atoms with van der Waals surface area (Å²) in [5, 5.41) is 0.827. The highest BCUT2D eigenvalue weighted by atomic mass is 32.1. The molecular formula is C23H27N3O3S. The molecule has 1 aliphatic carbocycles. The molecule has 1 fully saturated rings. The third-order valence-electron chi connectivity index (χ3n) is 6.39. The summed E-state index contributed by atoms with van der Waals surface area (Å²) in [6.45, 7) is 1.61. The number of benzene rings is 1. The number of fused-ring (bicyclic) bond motifs is 3. The molecule has 6 nitrogen and oxygen atoms in total. The number of aromatic amines is 1. The minimum absolute atomic E-state index is 0.0205. The molecule has 0 amide bonds. The van der Waals surface area contributed by atoms with E-state index in [9.17, 15) is 4.79 Å².